The molecule has 0 radical (unpaired) electrons. The standard InChI is InChI=1S/C38H33N/c1-26-12-10-22-39(25-29(4)37(23-28(26)3)33-14-7-5-11-27(33)2)32-20-18-30(19-21-32)34-16-9-17-36-35-15-8-6-13-31(35)24-38(34)36/h5-11,13-23,25H,1,3,12,24H2,2,4H3/b22-10-,29-25-,37-23+. The summed E-state index contributed by atoms with van der Waals surface area (Å²) in [7, 11) is 0. The summed E-state index contributed by atoms with van der Waals surface area (Å²) in [5.74, 6) is 0. The van der Waals surface area contributed by atoms with Gasteiger partial charge in [-0.15, -0.1) is 0 Å². The minimum Gasteiger partial charge on any atom is -0.324 e. The molecule has 4 aromatic rings. The molecule has 1 aliphatic carbocycles. The van der Waals surface area contributed by atoms with Crippen LogP contribution in [0.4, 0.5) is 5.69 Å². The number of anilines is 1. The van der Waals surface area contributed by atoms with Gasteiger partial charge in [0.05, 0.1) is 0 Å². The van der Waals surface area contributed by atoms with Crippen LogP contribution >= 0.6 is 0 Å². The Morgan fingerprint density at radius 1 is 0.692 bits per heavy atom. The first-order valence-corrected chi connectivity index (χ1v) is 13.6. The van der Waals surface area contributed by atoms with Crippen LogP contribution in [-0.2, 0) is 6.42 Å². The molecule has 2 aliphatic rings. The molecule has 1 nitrogen and oxygen atoms in total. The van der Waals surface area contributed by atoms with E-state index in [1.807, 2.05) is 0 Å². The summed E-state index contributed by atoms with van der Waals surface area (Å²) in [5, 5.41) is 0. The lowest BCUT2D eigenvalue weighted by atomic mass is 9.91. The van der Waals surface area contributed by atoms with E-state index in [0.717, 1.165) is 29.7 Å². The second kappa shape index (κ2) is 10.3. The van der Waals surface area contributed by atoms with Crippen molar-refractivity contribution >= 4 is 11.3 Å². The van der Waals surface area contributed by atoms with Crippen LogP contribution in [-0.4, -0.2) is 0 Å². The van der Waals surface area contributed by atoms with Gasteiger partial charge in [0.2, 0.25) is 0 Å². The Balaban J connectivity index is 1.37. The summed E-state index contributed by atoms with van der Waals surface area (Å²) in [6.45, 7) is 12.9. The van der Waals surface area contributed by atoms with Gasteiger partial charge in [-0.2, -0.15) is 0 Å². The number of aryl methyl sites for hydroxylation is 1. The Morgan fingerprint density at radius 2 is 1.38 bits per heavy atom. The molecule has 0 fully saturated rings. The monoisotopic (exact) mass is 503 g/mol. The van der Waals surface area contributed by atoms with E-state index in [9.17, 15) is 0 Å². The van der Waals surface area contributed by atoms with Gasteiger partial charge in [0.25, 0.3) is 0 Å². The summed E-state index contributed by atoms with van der Waals surface area (Å²) in [5.41, 5.74) is 16.1. The van der Waals surface area contributed by atoms with Gasteiger partial charge in [0, 0.05) is 18.1 Å². The van der Waals surface area contributed by atoms with Gasteiger partial charge in [-0.25, -0.2) is 0 Å². The maximum Gasteiger partial charge on any atom is 0.0449 e. The molecule has 0 N–H and O–H groups in total. The molecular formula is C38H33N. The summed E-state index contributed by atoms with van der Waals surface area (Å²) in [6, 6.07) is 32.9. The molecule has 1 heterocycles. The summed E-state index contributed by atoms with van der Waals surface area (Å²) in [6.07, 6.45) is 10.5. The topological polar surface area (TPSA) is 3.24 Å². The fourth-order valence-electron chi connectivity index (χ4n) is 5.72. The molecule has 0 bridgehead atoms. The normalized spacial score (nSPS) is 18.5. The van der Waals surface area contributed by atoms with Gasteiger partial charge < -0.3 is 4.90 Å². The van der Waals surface area contributed by atoms with E-state index in [-0.39, 0.29) is 0 Å². The first kappa shape index (κ1) is 24.7. The van der Waals surface area contributed by atoms with Crippen molar-refractivity contribution in [2.75, 3.05) is 4.90 Å². The van der Waals surface area contributed by atoms with E-state index < -0.39 is 0 Å². The molecule has 0 amide bonds. The highest BCUT2D eigenvalue weighted by Crippen LogP contribution is 2.41. The molecule has 190 valence electrons. The van der Waals surface area contributed by atoms with Crippen molar-refractivity contribution in [3.05, 3.63) is 168 Å². The average Bonchev–Trinajstić information content (AvgIpc) is 3.34. The van der Waals surface area contributed by atoms with E-state index in [1.165, 1.54) is 55.7 Å². The van der Waals surface area contributed by atoms with E-state index in [0.29, 0.717) is 0 Å². The van der Waals surface area contributed by atoms with E-state index >= 15 is 0 Å². The second-order valence-electron chi connectivity index (χ2n) is 10.5. The fraction of sp³-hybridized carbons (Fsp3) is 0.105. The number of rotatable bonds is 3. The van der Waals surface area contributed by atoms with Crippen LogP contribution < -0.4 is 4.90 Å². The van der Waals surface area contributed by atoms with Crippen molar-refractivity contribution < 1.29 is 0 Å². The second-order valence-corrected chi connectivity index (χ2v) is 10.5. The smallest absolute Gasteiger partial charge is 0.0449 e. The lowest BCUT2D eigenvalue weighted by Crippen LogP contribution is -2.09. The number of benzene rings is 4. The van der Waals surface area contributed by atoms with Crippen LogP contribution in [0.3, 0.4) is 0 Å². The number of hydrogen-bond donors (Lipinski definition) is 0. The molecule has 1 aliphatic heterocycles. The number of nitrogens with zero attached hydrogens (tertiary/aromatic N) is 1. The van der Waals surface area contributed by atoms with Gasteiger partial charge in [-0.05, 0) is 112 Å². The molecule has 39 heavy (non-hydrogen) atoms. The zero-order chi connectivity index (χ0) is 26.9. The van der Waals surface area contributed by atoms with Crippen molar-refractivity contribution in [1.29, 1.82) is 0 Å². The number of hydrogen-bond acceptors (Lipinski definition) is 1. The van der Waals surface area contributed by atoms with Crippen molar-refractivity contribution in [3.63, 3.8) is 0 Å². The van der Waals surface area contributed by atoms with Crippen molar-refractivity contribution in [2.24, 2.45) is 0 Å². The largest absolute Gasteiger partial charge is 0.324 e. The molecule has 4 aromatic carbocycles. The van der Waals surface area contributed by atoms with Gasteiger partial charge in [-0.3, -0.25) is 0 Å². The van der Waals surface area contributed by atoms with Crippen molar-refractivity contribution in [2.45, 2.75) is 26.7 Å². The fourth-order valence-corrected chi connectivity index (χ4v) is 5.72. The third kappa shape index (κ3) is 4.73. The molecule has 0 spiro atoms. The van der Waals surface area contributed by atoms with Crippen LogP contribution in [0.5, 0.6) is 0 Å². The molecule has 1 heteroatoms. The Kier molecular flexibility index (Phi) is 6.50. The molecule has 0 atom stereocenters. The van der Waals surface area contributed by atoms with Crippen LogP contribution in [0.1, 0.15) is 35.6 Å². The third-order valence-electron chi connectivity index (χ3n) is 7.92. The third-order valence-corrected chi connectivity index (χ3v) is 7.92. The van der Waals surface area contributed by atoms with E-state index in [2.05, 4.69) is 147 Å². The van der Waals surface area contributed by atoms with Crippen molar-refractivity contribution in [1.82, 2.24) is 0 Å². The van der Waals surface area contributed by atoms with E-state index in [1.54, 1.807) is 0 Å². The van der Waals surface area contributed by atoms with Gasteiger partial charge >= 0.3 is 0 Å². The average molecular weight is 504 g/mol. The number of allylic oxidation sites excluding steroid dienone is 6. The maximum absolute atomic E-state index is 4.31. The Bertz CT molecular complexity index is 1690. The molecule has 0 aromatic heterocycles. The molecule has 6 rings (SSSR count). The Labute approximate surface area is 232 Å². The highest BCUT2D eigenvalue weighted by atomic mass is 15.1. The minimum absolute atomic E-state index is 0.758. The van der Waals surface area contributed by atoms with Crippen LogP contribution in [0, 0.1) is 6.92 Å². The highest BCUT2D eigenvalue weighted by molar-refractivity contribution is 5.86. The lowest BCUT2D eigenvalue weighted by molar-refractivity contribution is 1.19. The Morgan fingerprint density at radius 3 is 2.18 bits per heavy atom. The van der Waals surface area contributed by atoms with Crippen LogP contribution in [0.15, 0.2) is 145 Å². The predicted octanol–water partition coefficient (Wildman–Crippen LogP) is 10.1. The zero-order valence-electron chi connectivity index (χ0n) is 22.7. The molecule has 0 unspecified atom stereocenters. The van der Waals surface area contributed by atoms with Gasteiger partial charge in [-0.1, -0.05) is 98.1 Å². The quantitative estimate of drug-likeness (QED) is 0.237. The molecule has 0 saturated heterocycles. The van der Waals surface area contributed by atoms with Crippen molar-refractivity contribution in [3.8, 4) is 22.3 Å². The van der Waals surface area contributed by atoms with Crippen LogP contribution in [0.2, 0.25) is 0 Å². The van der Waals surface area contributed by atoms with E-state index in [4.69, 9.17) is 0 Å². The summed E-state index contributed by atoms with van der Waals surface area (Å²) in [4.78, 5) is 2.22. The predicted molar refractivity (Wildman–Crippen MR) is 168 cm³/mol. The SMILES string of the molecule is C=C1/C=C(c2ccccc2C)\C(C)=C/N(c2ccc(-c3cccc4c3Cc3ccccc3-4)cc2)/C=C\CC1=C. The maximum atomic E-state index is 4.31. The van der Waals surface area contributed by atoms with Crippen LogP contribution in [0.25, 0.3) is 27.8 Å². The summed E-state index contributed by atoms with van der Waals surface area (Å²) >= 11 is 0. The first-order chi connectivity index (χ1) is 19.0. The van der Waals surface area contributed by atoms with Gasteiger partial charge in [0.1, 0.15) is 0 Å². The molecular weight excluding hydrogens is 470 g/mol. The first-order valence-electron chi connectivity index (χ1n) is 13.6. The van der Waals surface area contributed by atoms with Gasteiger partial charge in [0.15, 0.2) is 0 Å². The number of fused-ring (bicyclic) bond motifs is 3. The lowest BCUT2D eigenvalue weighted by Gasteiger charge is -2.21. The Hall–Kier alpha value is -4.62. The zero-order valence-corrected chi connectivity index (χ0v) is 22.7. The minimum atomic E-state index is 0.758. The molecule has 0 saturated carbocycles. The summed E-state index contributed by atoms with van der Waals surface area (Å²) < 4.78 is 0. The highest BCUT2D eigenvalue weighted by Gasteiger charge is 2.21.